The summed E-state index contributed by atoms with van der Waals surface area (Å²) in [6.07, 6.45) is 1.77. The second kappa shape index (κ2) is 9.12. The molecule has 0 spiro atoms. The van der Waals surface area contributed by atoms with E-state index in [1.165, 1.54) is 12.1 Å². The monoisotopic (exact) mass is 324 g/mol. The number of anilines is 1. The fourth-order valence-corrected chi connectivity index (χ4v) is 1.98. The highest BCUT2D eigenvalue weighted by molar-refractivity contribution is 6.39. The van der Waals surface area contributed by atoms with E-state index in [0.29, 0.717) is 12.5 Å². The molecule has 0 saturated heterocycles. The van der Waals surface area contributed by atoms with Gasteiger partial charge in [0.25, 0.3) is 0 Å². The number of rotatable bonds is 7. The van der Waals surface area contributed by atoms with Gasteiger partial charge in [-0.3, -0.25) is 9.59 Å². The molecule has 23 heavy (non-hydrogen) atoms. The topological polar surface area (TPSA) is 67.4 Å². The maximum Gasteiger partial charge on any atom is 0.313 e. The van der Waals surface area contributed by atoms with Crippen LogP contribution in [0.4, 0.5) is 10.1 Å². The molecule has 1 unspecified atom stereocenters. The Bertz CT molecular complexity index is 547. The minimum Gasteiger partial charge on any atom is -0.491 e. The number of benzene rings is 1. The Morgan fingerprint density at radius 3 is 2.43 bits per heavy atom. The Balaban J connectivity index is 2.55. The van der Waals surface area contributed by atoms with Crippen molar-refractivity contribution in [3.8, 4) is 5.75 Å². The maximum atomic E-state index is 13.7. The zero-order valence-corrected chi connectivity index (χ0v) is 14.1. The highest BCUT2D eigenvalue weighted by atomic mass is 19.1. The molecule has 0 saturated carbocycles. The summed E-state index contributed by atoms with van der Waals surface area (Å²) in [7, 11) is 0. The van der Waals surface area contributed by atoms with Crippen molar-refractivity contribution < 1.29 is 18.7 Å². The fourth-order valence-electron chi connectivity index (χ4n) is 1.98. The zero-order valence-electron chi connectivity index (χ0n) is 14.1. The van der Waals surface area contributed by atoms with Crippen LogP contribution in [0.1, 0.15) is 40.5 Å². The molecule has 0 aliphatic heterocycles. The van der Waals surface area contributed by atoms with Gasteiger partial charge in [-0.1, -0.05) is 13.8 Å². The van der Waals surface area contributed by atoms with E-state index >= 15 is 0 Å². The molecule has 1 aromatic rings. The summed E-state index contributed by atoms with van der Waals surface area (Å²) in [4.78, 5) is 23.6. The van der Waals surface area contributed by atoms with Crippen LogP contribution in [0, 0.1) is 11.7 Å². The number of halogens is 1. The lowest BCUT2D eigenvalue weighted by atomic mass is 10.0. The normalized spacial score (nSPS) is 11.9. The molecule has 0 bridgehead atoms. The average molecular weight is 324 g/mol. The minimum atomic E-state index is -0.815. The Kier molecular flexibility index (Phi) is 7.51. The molecule has 0 fully saturated rings. The first kappa shape index (κ1) is 18.9. The number of amides is 2. The quantitative estimate of drug-likeness (QED) is 0.757. The maximum absolute atomic E-state index is 13.7. The van der Waals surface area contributed by atoms with E-state index in [-0.39, 0.29) is 17.5 Å². The lowest BCUT2D eigenvalue weighted by molar-refractivity contribution is -0.136. The van der Waals surface area contributed by atoms with Crippen molar-refractivity contribution in [2.45, 2.75) is 46.6 Å². The van der Waals surface area contributed by atoms with Gasteiger partial charge < -0.3 is 15.4 Å². The molecule has 0 aliphatic carbocycles. The molecular formula is C17H25FN2O3. The second-order valence-corrected chi connectivity index (χ2v) is 5.88. The summed E-state index contributed by atoms with van der Waals surface area (Å²) in [6.45, 7) is 8.15. The van der Waals surface area contributed by atoms with Crippen LogP contribution < -0.4 is 15.4 Å². The smallest absolute Gasteiger partial charge is 0.313 e. The Labute approximate surface area is 136 Å². The van der Waals surface area contributed by atoms with Crippen LogP contribution in [0.3, 0.4) is 0 Å². The van der Waals surface area contributed by atoms with Crippen LogP contribution in [-0.4, -0.2) is 24.5 Å². The summed E-state index contributed by atoms with van der Waals surface area (Å²) in [6, 6.07) is 3.94. The predicted molar refractivity (Wildman–Crippen MR) is 87.9 cm³/mol. The summed E-state index contributed by atoms with van der Waals surface area (Å²) in [5.41, 5.74) is 0.209. The number of hydrogen-bond acceptors (Lipinski definition) is 3. The van der Waals surface area contributed by atoms with Crippen LogP contribution in [-0.2, 0) is 9.59 Å². The first-order valence-corrected chi connectivity index (χ1v) is 7.87. The second-order valence-electron chi connectivity index (χ2n) is 5.88. The van der Waals surface area contributed by atoms with Crippen molar-refractivity contribution in [1.82, 2.24) is 5.32 Å². The Hall–Kier alpha value is -2.11. The highest BCUT2D eigenvalue weighted by Gasteiger charge is 2.17. The number of carbonyl (C=O) groups is 2. The van der Waals surface area contributed by atoms with Gasteiger partial charge in [-0.15, -0.1) is 0 Å². The van der Waals surface area contributed by atoms with Crippen molar-refractivity contribution in [2.75, 3.05) is 11.9 Å². The van der Waals surface area contributed by atoms with Gasteiger partial charge in [-0.2, -0.15) is 0 Å². The summed E-state index contributed by atoms with van der Waals surface area (Å²) < 4.78 is 18.8. The largest absolute Gasteiger partial charge is 0.491 e. The zero-order chi connectivity index (χ0) is 17.4. The van der Waals surface area contributed by atoms with E-state index in [1.54, 1.807) is 6.92 Å². The van der Waals surface area contributed by atoms with Crippen LogP contribution >= 0.6 is 0 Å². The van der Waals surface area contributed by atoms with Gasteiger partial charge in [0, 0.05) is 17.8 Å². The van der Waals surface area contributed by atoms with Gasteiger partial charge in [-0.25, -0.2) is 4.39 Å². The van der Waals surface area contributed by atoms with Crippen molar-refractivity contribution in [3.63, 3.8) is 0 Å². The van der Waals surface area contributed by atoms with Crippen LogP contribution in [0.2, 0.25) is 0 Å². The Morgan fingerprint density at radius 2 is 1.87 bits per heavy atom. The molecule has 1 rings (SSSR count). The van der Waals surface area contributed by atoms with E-state index in [0.717, 1.165) is 18.9 Å². The van der Waals surface area contributed by atoms with Gasteiger partial charge in [0.05, 0.1) is 6.61 Å². The molecule has 0 heterocycles. The third kappa shape index (κ3) is 6.67. The highest BCUT2D eigenvalue weighted by Crippen LogP contribution is 2.21. The summed E-state index contributed by atoms with van der Waals surface area (Å²) in [5.74, 6) is -1.48. The van der Waals surface area contributed by atoms with Gasteiger partial charge in [0.15, 0.2) is 11.6 Å². The lowest BCUT2D eigenvalue weighted by Gasteiger charge is -2.15. The van der Waals surface area contributed by atoms with Crippen molar-refractivity contribution in [1.29, 1.82) is 0 Å². The van der Waals surface area contributed by atoms with Crippen LogP contribution in [0.15, 0.2) is 18.2 Å². The third-order valence-corrected chi connectivity index (χ3v) is 3.25. The van der Waals surface area contributed by atoms with Gasteiger partial charge in [-0.05, 0) is 44.7 Å². The van der Waals surface area contributed by atoms with E-state index in [2.05, 4.69) is 24.5 Å². The molecule has 5 nitrogen and oxygen atoms in total. The molecule has 128 valence electrons. The number of carbonyl (C=O) groups excluding carboxylic acids is 2. The molecule has 2 amide bonds. The lowest BCUT2D eigenvalue weighted by Crippen LogP contribution is -2.40. The van der Waals surface area contributed by atoms with Crippen LogP contribution in [0.5, 0.6) is 5.75 Å². The molecule has 0 aromatic heterocycles. The van der Waals surface area contributed by atoms with E-state index in [4.69, 9.17) is 4.74 Å². The molecule has 1 atom stereocenters. The first-order chi connectivity index (χ1) is 10.8. The fraction of sp³-hybridized carbons (Fsp3) is 0.529. The molecule has 0 radical (unpaired) electrons. The predicted octanol–water partition coefficient (Wildman–Crippen LogP) is 3.10. The van der Waals surface area contributed by atoms with E-state index in [9.17, 15) is 14.0 Å². The Morgan fingerprint density at radius 1 is 1.17 bits per heavy atom. The van der Waals surface area contributed by atoms with Gasteiger partial charge >= 0.3 is 11.8 Å². The van der Waals surface area contributed by atoms with Crippen molar-refractivity contribution in [3.05, 3.63) is 24.0 Å². The van der Waals surface area contributed by atoms with Crippen molar-refractivity contribution in [2.24, 2.45) is 5.92 Å². The molecule has 1 aromatic carbocycles. The minimum absolute atomic E-state index is 0.0901. The number of nitrogens with one attached hydrogen (secondary N) is 2. The SMILES string of the molecule is CCOc1ccc(NC(=O)C(=O)NC(C)CCC(C)C)cc1F. The standard InChI is InChI=1S/C17H25FN2O3/c1-5-23-15-9-8-13(10-14(15)18)20-17(22)16(21)19-12(4)7-6-11(2)3/h8-12H,5-7H2,1-4H3,(H,19,21)(H,20,22). The van der Waals surface area contributed by atoms with Crippen LogP contribution in [0.25, 0.3) is 0 Å². The molecule has 6 heteroatoms. The van der Waals surface area contributed by atoms with Crippen molar-refractivity contribution >= 4 is 17.5 Å². The number of ether oxygens (including phenoxy) is 1. The van der Waals surface area contributed by atoms with E-state index in [1.807, 2.05) is 6.92 Å². The average Bonchev–Trinajstić information content (AvgIpc) is 2.48. The first-order valence-electron chi connectivity index (χ1n) is 7.87. The third-order valence-electron chi connectivity index (χ3n) is 3.25. The van der Waals surface area contributed by atoms with E-state index < -0.39 is 17.6 Å². The van der Waals surface area contributed by atoms with Gasteiger partial charge in [0.2, 0.25) is 0 Å². The molecule has 0 aliphatic rings. The van der Waals surface area contributed by atoms with Gasteiger partial charge in [0.1, 0.15) is 0 Å². The molecular weight excluding hydrogens is 299 g/mol. The molecule has 2 N–H and O–H groups in total. The summed E-state index contributed by atoms with van der Waals surface area (Å²) >= 11 is 0. The number of hydrogen-bond donors (Lipinski definition) is 2. The summed E-state index contributed by atoms with van der Waals surface area (Å²) in [5, 5.41) is 5.01.